The molecule has 338 valence electrons. The van der Waals surface area contributed by atoms with E-state index in [0.29, 0.717) is 19.3 Å². The van der Waals surface area contributed by atoms with Crippen LogP contribution >= 0.6 is 0 Å². The van der Waals surface area contributed by atoms with Crippen LogP contribution in [0.2, 0.25) is 0 Å². The summed E-state index contributed by atoms with van der Waals surface area (Å²) in [7, 11) is 0. The van der Waals surface area contributed by atoms with Crippen LogP contribution in [0.25, 0.3) is 0 Å². The fourth-order valence-corrected chi connectivity index (χ4v) is 7.89. The zero-order chi connectivity index (χ0) is 41.7. The molecular weight excluding hydrogens is 707 g/mol. The molecule has 0 aliphatic carbocycles. The monoisotopic (exact) mass is 806 g/mol. The maximum atomic E-state index is 12.5. The fraction of sp³-hybridized carbons (Fsp3) is 0.902. The van der Waals surface area contributed by atoms with E-state index in [2.05, 4.69) is 43.5 Å². The van der Waals surface area contributed by atoms with Gasteiger partial charge in [-0.15, -0.1) is 0 Å². The van der Waals surface area contributed by atoms with E-state index in [1.165, 1.54) is 193 Å². The Hall–Kier alpha value is -1.21. The molecule has 6 nitrogen and oxygen atoms in total. The molecule has 0 saturated heterocycles. The van der Waals surface area contributed by atoms with E-state index in [4.69, 9.17) is 0 Å². The summed E-state index contributed by atoms with van der Waals surface area (Å²) in [5.41, 5.74) is 0. The Labute approximate surface area is 354 Å². The van der Waals surface area contributed by atoms with Crippen molar-refractivity contribution >= 4 is 5.91 Å². The number of hydrogen-bond acceptors (Lipinski definition) is 5. The molecule has 0 heterocycles. The topological polar surface area (TPSA) is 110 Å². The van der Waals surface area contributed by atoms with Crippen LogP contribution in [0.5, 0.6) is 0 Å². The highest BCUT2D eigenvalue weighted by molar-refractivity contribution is 5.80. The van der Waals surface area contributed by atoms with Crippen LogP contribution in [-0.4, -0.2) is 57.3 Å². The SMILES string of the molecule is CCCCCCCCCCC/C=C/CC/C=C/CCCC(O)C(O)C(CO)NC(=O)C(O)CCCCCCCCCCCCCCCCCCCCCCCCC. The number of unbranched alkanes of at least 4 members (excludes halogenated alkanes) is 33. The van der Waals surface area contributed by atoms with Gasteiger partial charge in [0.1, 0.15) is 12.2 Å². The summed E-state index contributed by atoms with van der Waals surface area (Å²) in [5.74, 6) is -0.593. The second-order valence-electron chi connectivity index (χ2n) is 17.5. The van der Waals surface area contributed by atoms with Crippen LogP contribution in [0.1, 0.15) is 264 Å². The van der Waals surface area contributed by atoms with Crippen molar-refractivity contribution in [2.75, 3.05) is 6.61 Å². The number of aliphatic hydroxyl groups is 4. The van der Waals surface area contributed by atoms with Crippen molar-refractivity contribution in [3.05, 3.63) is 24.3 Å². The summed E-state index contributed by atoms with van der Waals surface area (Å²) >= 11 is 0. The summed E-state index contributed by atoms with van der Waals surface area (Å²) in [6, 6.07) is -1.01. The average Bonchev–Trinajstić information content (AvgIpc) is 3.22. The van der Waals surface area contributed by atoms with Gasteiger partial charge in [-0.25, -0.2) is 0 Å². The van der Waals surface area contributed by atoms with Crippen LogP contribution in [0.3, 0.4) is 0 Å². The Morgan fingerprint density at radius 2 is 0.737 bits per heavy atom. The third-order valence-corrected chi connectivity index (χ3v) is 11.9. The van der Waals surface area contributed by atoms with E-state index in [-0.39, 0.29) is 0 Å². The van der Waals surface area contributed by atoms with Crippen molar-refractivity contribution in [2.24, 2.45) is 0 Å². The molecule has 0 aromatic carbocycles. The maximum absolute atomic E-state index is 12.5. The molecule has 57 heavy (non-hydrogen) atoms. The van der Waals surface area contributed by atoms with Crippen LogP contribution in [-0.2, 0) is 4.79 Å². The Balaban J connectivity index is 3.70. The second kappa shape index (κ2) is 45.9. The summed E-state index contributed by atoms with van der Waals surface area (Å²) < 4.78 is 0. The van der Waals surface area contributed by atoms with Gasteiger partial charge in [-0.2, -0.15) is 0 Å². The van der Waals surface area contributed by atoms with Gasteiger partial charge in [0.05, 0.1) is 18.8 Å². The lowest BCUT2D eigenvalue weighted by atomic mass is 10.00. The quantitative estimate of drug-likeness (QED) is 0.0311. The average molecular weight is 806 g/mol. The first-order valence-electron chi connectivity index (χ1n) is 25.2. The van der Waals surface area contributed by atoms with E-state index in [1.54, 1.807) is 0 Å². The van der Waals surface area contributed by atoms with Crippen LogP contribution in [0, 0.1) is 0 Å². The van der Waals surface area contributed by atoms with Crippen molar-refractivity contribution in [3.63, 3.8) is 0 Å². The number of hydrogen-bond donors (Lipinski definition) is 5. The third kappa shape index (κ3) is 40.0. The summed E-state index contributed by atoms with van der Waals surface area (Å²) in [5, 5.41) is 43.8. The molecule has 0 fully saturated rings. The Kier molecular flexibility index (Phi) is 44.9. The van der Waals surface area contributed by atoms with Gasteiger partial charge in [-0.05, 0) is 51.4 Å². The van der Waals surface area contributed by atoms with Gasteiger partial charge < -0.3 is 25.7 Å². The van der Waals surface area contributed by atoms with E-state index in [1.807, 2.05) is 0 Å². The predicted octanol–water partition coefficient (Wildman–Crippen LogP) is 13.9. The highest BCUT2D eigenvalue weighted by Gasteiger charge is 2.28. The molecule has 1 amide bonds. The van der Waals surface area contributed by atoms with Gasteiger partial charge in [0.2, 0.25) is 5.91 Å². The van der Waals surface area contributed by atoms with Gasteiger partial charge in [-0.3, -0.25) is 4.79 Å². The molecule has 4 atom stereocenters. The van der Waals surface area contributed by atoms with Crippen molar-refractivity contribution in [3.8, 4) is 0 Å². The van der Waals surface area contributed by atoms with Gasteiger partial charge in [0, 0.05) is 0 Å². The molecule has 0 aliphatic heterocycles. The molecule has 6 heteroatoms. The smallest absolute Gasteiger partial charge is 0.249 e. The number of carbonyl (C=O) groups is 1. The van der Waals surface area contributed by atoms with Crippen molar-refractivity contribution < 1.29 is 25.2 Å². The molecule has 0 rings (SSSR count). The Morgan fingerprint density at radius 3 is 1.11 bits per heavy atom. The van der Waals surface area contributed by atoms with Crippen molar-refractivity contribution in [2.45, 2.75) is 289 Å². The largest absolute Gasteiger partial charge is 0.394 e. The molecular formula is C51H99NO5. The van der Waals surface area contributed by atoms with Crippen LogP contribution in [0.15, 0.2) is 24.3 Å². The molecule has 0 bridgehead atoms. The number of amides is 1. The molecule has 0 aromatic rings. The second-order valence-corrected chi connectivity index (χ2v) is 17.5. The number of rotatable bonds is 46. The number of allylic oxidation sites excluding steroid dienone is 4. The number of aliphatic hydroxyl groups excluding tert-OH is 4. The van der Waals surface area contributed by atoms with Gasteiger partial charge in [0.25, 0.3) is 0 Å². The molecule has 4 unspecified atom stereocenters. The van der Waals surface area contributed by atoms with Crippen molar-refractivity contribution in [1.29, 1.82) is 0 Å². The van der Waals surface area contributed by atoms with Gasteiger partial charge in [0.15, 0.2) is 0 Å². The minimum atomic E-state index is -1.29. The van der Waals surface area contributed by atoms with Crippen LogP contribution in [0.4, 0.5) is 0 Å². The molecule has 0 aromatic heterocycles. The minimum Gasteiger partial charge on any atom is -0.394 e. The standard InChI is InChI=1S/C51H99NO5/c1-3-5-7-9-11-13-15-17-19-21-23-24-25-26-27-29-31-33-35-37-39-41-43-45-49(55)51(57)52-47(46-53)50(56)48(54)44-42-40-38-36-34-32-30-28-22-20-18-16-14-12-10-8-6-4-2/h28,30,36,38,47-50,53-56H,3-27,29,31-35,37,39-46H2,1-2H3,(H,52,57)/b30-28+,38-36+. The van der Waals surface area contributed by atoms with E-state index in [0.717, 1.165) is 38.5 Å². The first-order chi connectivity index (χ1) is 28.0. The predicted molar refractivity (Wildman–Crippen MR) is 247 cm³/mol. The number of carbonyl (C=O) groups excluding carboxylic acids is 1. The fourth-order valence-electron chi connectivity index (χ4n) is 7.89. The van der Waals surface area contributed by atoms with Gasteiger partial charge in [-0.1, -0.05) is 237 Å². The molecule has 5 N–H and O–H groups in total. The zero-order valence-corrected chi connectivity index (χ0v) is 38.1. The lowest BCUT2D eigenvalue weighted by molar-refractivity contribution is -0.132. The molecule has 0 aliphatic rings. The Morgan fingerprint density at radius 1 is 0.421 bits per heavy atom. The van der Waals surface area contributed by atoms with E-state index >= 15 is 0 Å². The normalized spacial score (nSPS) is 14.1. The first kappa shape index (κ1) is 55.8. The van der Waals surface area contributed by atoms with Crippen LogP contribution < -0.4 is 5.32 Å². The summed E-state index contributed by atoms with van der Waals surface area (Å²) in [4.78, 5) is 12.5. The Bertz CT molecular complexity index is 863. The third-order valence-electron chi connectivity index (χ3n) is 11.9. The lowest BCUT2D eigenvalue weighted by Gasteiger charge is -2.27. The first-order valence-corrected chi connectivity index (χ1v) is 25.2. The maximum Gasteiger partial charge on any atom is 0.249 e. The number of nitrogens with one attached hydrogen (secondary N) is 1. The summed E-state index contributed by atoms with van der Waals surface area (Å²) in [6.45, 7) is 4.06. The molecule has 0 saturated carbocycles. The molecule has 0 spiro atoms. The summed E-state index contributed by atoms with van der Waals surface area (Å²) in [6.07, 6.45) is 53.7. The molecule has 0 radical (unpaired) electrons. The van der Waals surface area contributed by atoms with Crippen molar-refractivity contribution in [1.82, 2.24) is 5.32 Å². The highest BCUT2D eigenvalue weighted by atomic mass is 16.3. The highest BCUT2D eigenvalue weighted by Crippen LogP contribution is 2.17. The zero-order valence-electron chi connectivity index (χ0n) is 38.1. The van der Waals surface area contributed by atoms with E-state index < -0.39 is 36.9 Å². The minimum absolute atomic E-state index is 0.364. The van der Waals surface area contributed by atoms with E-state index in [9.17, 15) is 25.2 Å². The van der Waals surface area contributed by atoms with Gasteiger partial charge >= 0.3 is 0 Å². The lowest BCUT2D eigenvalue weighted by Crippen LogP contribution is -2.53.